The molecule has 1 aromatic carbocycles. The van der Waals surface area contributed by atoms with Gasteiger partial charge in [0.05, 0.1) is 15.7 Å². The van der Waals surface area contributed by atoms with Gasteiger partial charge in [-0.1, -0.05) is 39.3 Å². The smallest absolute Gasteiger partial charge is 0.0818 e. The van der Waals surface area contributed by atoms with Crippen molar-refractivity contribution in [3.8, 4) is 0 Å². The van der Waals surface area contributed by atoms with Crippen molar-refractivity contribution >= 4 is 27.1 Å². The normalized spacial score (nSPS) is 28.6. The number of allylic oxidation sites excluding steroid dienone is 2. The van der Waals surface area contributed by atoms with Gasteiger partial charge in [-0.2, -0.15) is 0 Å². The van der Waals surface area contributed by atoms with E-state index in [1.165, 1.54) is 23.1 Å². The molecule has 3 atom stereocenters. The minimum absolute atomic E-state index is 0.510. The van der Waals surface area contributed by atoms with Crippen molar-refractivity contribution in [3.05, 3.63) is 35.3 Å². The first-order valence-corrected chi connectivity index (χ1v) is 8.52. The summed E-state index contributed by atoms with van der Waals surface area (Å²) in [7, 11) is 0. The van der Waals surface area contributed by atoms with E-state index < -0.39 is 0 Å². The molecule has 2 heteroatoms. The second-order valence-corrected chi connectivity index (χ2v) is 7.93. The van der Waals surface area contributed by atoms with Crippen molar-refractivity contribution in [3.63, 3.8) is 0 Å². The Hall–Kier alpha value is -1.15. The summed E-state index contributed by atoms with van der Waals surface area (Å²) in [5.74, 6) is 2.66. The molecule has 20 heavy (non-hydrogen) atoms. The zero-order valence-corrected chi connectivity index (χ0v) is 13.2. The Kier molecular flexibility index (Phi) is 2.62. The molecule has 0 bridgehead atoms. The van der Waals surface area contributed by atoms with E-state index in [1.54, 1.807) is 16.9 Å². The number of hydrogen-bond donors (Lipinski definition) is 0. The Morgan fingerprint density at radius 3 is 2.90 bits per heavy atom. The summed E-state index contributed by atoms with van der Waals surface area (Å²) >= 11 is 1.72. The lowest BCUT2D eigenvalue weighted by Gasteiger charge is -2.24. The van der Waals surface area contributed by atoms with E-state index in [-0.39, 0.29) is 0 Å². The van der Waals surface area contributed by atoms with Crippen LogP contribution in [0.5, 0.6) is 0 Å². The van der Waals surface area contributed by atoms with Crippen LogP contribution in [0.3, 0.4) is 0 Å². The predicted molar refractivity (Wildman–Crippen MR) is 86.8 cm³/mol. The number of benzene rings is 1. The Bertz CT molecular complexity index is 694. The van der Waals surface area contributed by atoms with Crippen LogP contribution in [0.2, 0.25) is 0 Å². The lowest BCUT2D eigenvalue weighted by molar-refractivity contribution is 0.273. The zero-order chi connectivity index (χ0) is 13.9. The molecule has 104 valence electrons. The van der Waals surface area contributed by atoms with Crippen molar-refractivity contribution in [2.24, 2.45) is 23.2 Å². The first-order valence-electron chi connectivity index (χ1n) is 7.64. The van der Waals surface area contributed by atoms with E-state index in [1.807, 2.05) is 5.51 Å². The molecule has 4 rings (SSSR count). The van der Waals surface area contributed by atoms with Crippen LogP contribution in [0.4, 0.5) is 0 Å². The molecule has 0 spiro atoms. The topological polar surface area (TPSA) is 12.9 Å². The molecule has 0 aliphatic heterocycles. The van der Waals surface area contributed by atoms with E-state index >= 15 is 0 Å². The van der Waals surface area contributed by atoms with Gasteiger partial charge in [-0.3, -0.25) is 0 Å². The Balaban J connectivity index is 1.60. The molecule has 0 N–H and O–H groups in total. The van der Waals surface area contributed by atoms with Gasteiger partial charge in [0.25, 0.3) is 0 Å². The van der Waals surface area contributed by atoms with E-state index in [2.05, 4.69) is 50.0 Å². The molecule has 2 aliphatic carbocycles. The average molecular weight is 283 g/mol. The van der Waals surface area contributed by atoms with Crippen LogP contribution in [0.1, 0.15) is 39.2 Å². The maximum Gasteiger partial charge on any atom is 0.0818 e. The highest BCUT2D eigenvalue weighted by Gasteiger charge is 2.57. The minimum Gasteiger partial charge on any atom is -0.245 e. The van der Waals surface area contributed by atoms with Gasteiger partial charge in [0.2, 0.25) is 0 Å². The molecule has 0 amide bonds. The highest BCUT2D eigenvalue weighted by molar-refractivity contribution is 7.16. The largest absolute Gasteiger partial charge is 0.245 e. The third-order valence-electron chi connectivity index (χ3n) is 5.59. The van der Waals surface area contributed by atoms with Gasteiger partial charge in [-0.25, -0.2) is 4.98 Å². The third kappa shape index (κ3) is 1.77. The maximum absolute atomic E-state index is 4.44. The van der Waals surface area contributed by atoms with Crippen molar-refractivity contribution in [2.45, 2.75) is 33.6 Å². The number of hydrogen-bond acceptors (Lipinski definition) is 2. The third-order valence-corrected chi connectivity index (χ3v) is 6.40. The van der Waals surface area contributed by atoms with E-state index in [9.17, 15) is 0 Å². The lowest BCUT2D eigenvalue weighted by Crippen LogP contribution is -2.15. The average Bonchev–Trinajstić information content (AvgIpc) is 2.83. The van der Waals surface area contributed by atoms with Gasteiger partial charge in [0, 0.05) is 0 Å². The lowest BCUT2D eigenvalue weighted by atomic mass is 9.81. The van der Waals surface area contributed by atoms with Crippen LogP contribution in [0.25, 0.3) is 15.8 Å². The van der Waals surface area contributed by atoms with Crippen molar-refractivity contribution in [1.29, 1.82) is 0 Å². The summed E-state index contributed by atoms with van der Waals surface area (Å²) in [4.78, 5) is 4.44. The molecule has 1 saturated carbocycles. The first kappa shape index (κ1) is 12.6. The van der Waals surface area contributed by atoms with Crippen molar-refractivity contribution in [2.75, 3.05) is 0 Å². The van der Waals surface area contributed by atoms with Crippen LogP contribution >= 0.6 is 11.3 Å². The highest BCUT2D eigenvalue weighted by atomic mass is 32.1. The monoisotopic (exact) mass is 283 g/mol. The summed E-state index contributed by atoms with van der Waals surface area (Å²) < 4.78 is 1.29. The molecule has 1 fully saturated rings. The quantitative estimate of drug-likeness (QED) is 0.736. The summed E-state index contributed by atoms with van der Waals surface area (Å²) in [5.41, 5.74) is 6.55. The van der Waals surface area contributed by atoms with Gasteiger partial charge in [0.15, 0.2) is 0 Å². The van der Waals surface area contributed by atoms with Crippen LogP contribution < -0.4 is 0 Å². The minimum atomic E-state index is 0.510. The molecular weight excluding hydrogens is 262 g/mol. The molecular formula is C18H21NS. The van der Waals surface area contributed by atoms with Crippen LogP contribution in [0, 0.1) is 23.2 Å². The second kappa shape index (κ2) is 4.17. The standard InChI is InChI=1S/C18H21NS/c1-4-18(2,3)17-13-7-12(8-14(13)17)11-5-6-16-15(9-11)19-10-20-16/h5-7,9-10,13-14,17H,4,8H2,1-3H3. The van der Waals surface area contributed by atoms with Crippen LogP contribution in [0.15, 0.2) is 29.8 Å². The Morgan fingerprint density at radius 2 is 2.20 bits per heavy atom. The summed E-state index contributed by atoms with van der Waals surface area (Å²) in [6.07, 6.45) is 5.12. The summed E-state index contributed by atoms with van der Waals surface area (Å²) in [6, 6.07) is 6.76. The molecule has 1 heterocycles. The predicted octanol–water partition coefficient (Wildman–Crippen LogP) is 5.38. The van der Waals surface area contributed by atoms with Crippen molar-refractivity contribution in [1.82, 2.24) is 4.98 Å². The Labute approximate surface area is 124 Å². The molecule has 2 aliphatic rings. The van der Waals surface area contributed by atoms with E-state index in [0.717, 1.165) is 23.3 Å². The number of aromatic nitrogens is 1. The maximum atomic E-state index is 4.44. The Morgan fingerprint density at radius 1 is 1.35 bits per heavy atom. The second-order valence-electron chi connectivity index (χ2n) is 7.04. The summed E-state index contributed by atoms with van der Waals surface area (Å²) in [6.45, 7) is 7.20. The molecule has 2 aromatic rings. The molecule has 0 radical (unpaired) electrons. The molecule has 3 unspecified atom stereocenters. The van der Waals surface area contributed by atoms with E-state index in [0.29, 0.717) is 5.41 Å². The van der Waals surface area contributed by atoms with E-state index in [4.69, 9.17) is 0 Å². The number of fused-ring (bicyclic) bond motifs is 2. The first-order chi connectivity index (χ1) is 9.60. The number of rotatable bonds is 3. The van der Waals surface area contributed by atoms with Crippen molar-refractivity contribution < 1.29 is 0 Å². The zero-order valence-electron chi connectivity index (χ0n) is 12.4. The van der Waals surface area contributed by atoms with Gasteiger partial charge in [0.1, 0.15) is 0 Å². The fraction of sp³-hybridized carbons (Fsp3) is 0.500. The van der Waals surface area contributed by atoms with Gasteiger partial charge < -0.3 is 0 Å². The highest BCUT2D eigenvalue weighted by Crippen LogP contribution is 2.65. The number of thiazole rings is 1. The van der Waals surface area contributed by atoms with Crippen LogP contribution in [-0.2, 0) is 0 Å². The van der Waals surface area contributed by atoms with Gasteiger partial charge >= 0.3 is 0 Å². The SMILES string of the molecule is CCC(C)(C)C1C2C=C(c3ccc4scnc4c3)CC21. The fourth-order valence-electron chi connectivity index (χ4n) is 4.05. The number of nitrogens with zero attached hydrogens (tertiary/aromatic N) is 1. The molecule has 1 aromatic heterocycles. The fourth-order valence-corrected chi connectivity index (χ4v) is 4.71. The van der Waals surface area contributed by atoms with Crippen LogP contribution in [-0.4, -0.2) is 4.98 Å². The molecule has 1 nitrogen and oxygen atoms in total. The summed E-state index contributed by atoms with van der Waals surface area (Å²) in [5, 5.41) is 0. The van der Waals surface area contributed by atoms with Gasteiger partial charge in [-0.15, -0.1) is 11.3 Å². The van der Waals surface area contributed by atoms with Gasteiger partial charge in [-0.05, 0) is 52.9 Å². The molecule has 0 saturated heterocycles.